The monoisotopic (exact) mass is 288 g/mol. The normalized spacial score (nSPS) is 10.9. The molecule has 1 aromatic heterocycles. The van der Waals surface area contributed by atoms with Crippen LogP contribution in [0.5, 0.6) is 0 Å². The number of para-hydroxylation sites is 1. The number of aryl methyl sites for hydroxylation is 1. The maximum atomic E-state index is 5.50. The minimum atomic E-state index is 0.810. The molecular weight excluding hydrogens is 284 g/mol. The highest BCUT2D eigenvalue weighted by Gasteiger charge is 2.09. The second-order valence-corrected chi connectivity index (χ2v) is 4.19. The van der Waals surface area contributed by atoms with E-state index in [1.807, 2.05) is 25.1 Å². The first-order valence-corrected chi connectivity index (χ1v) is 5.12. The molecule has 0 bridgehead atoms. The van der Waals surface area contributed by atoms with Gasteiger partial charge in [-0.2, -0.15) is 0 Å². The van der Waals surface area contributed by atoms with E-state index in [4.69, 9.17) is 4.42 Å². The number of halogens is 2. The van der Waals surface area contributed by atoms with Gasteiger partial charge in [-0.15, -0.1) is 0 Å². The van der Waals surface area contributed by atoms with Crippen LogP contribution >= 0.6 is 31.9 Å². The van der Waals surface area contributed by atoms with E-state index in [0.717, 1.165) is 25.7 Å². The standard InChI is InChI=1S/C9H6Br2O/c1-5-6-3-2-4-7(10)8(6)12-9(5)11/h2-4H,1H3. The van der Waals surface area contributed by atoms with E-state index in [0.29, 0.717) is 0 Å². The van der Waals surface area contributed by atoms with Gasteiger partial charge in [0.1, 0.15) is 5.58 Å². The van der Waals surface area contributed by atoms with Gasteiger partial charge in [-0.05, 0) is 44.8 Å². The van der Waals surface area contributed by atoms with Gasteiger partial charge < -0.3 is 4.42 Å². The summed E-state index contributed by atoms with van der Waals surface area (Å²) in [5.41, 5.74) is 2.05. The maximum Gasteiger partial charge on any atom is 0.173 e. The van der Waals surface area contributed by atoms with Crippen molar-refractivity contribution in [3.8, 4) is 0 Å². The Morgan fingerprint density at radius 1 is 1.25 bits per heavy atom. The van der Waals surface area contributed by atoms with Gasteiger partial charge in [-0.25, -0.2) is 0 Å². The Morgan fingerprint density at radius 2 is 2.00 bits per heavy atom. The third kappa shape index (κ3) is 1.12. The quantitative estimate of drug-likeness (QED) is 0.706. The summed E-state index contributed by atoms with van der Waals surface area (Å²) in [6.45, 7) is 2.03. The number of furan rings is 1. The lowest BCUT2D eigenvalue weighted by molar-refractivity contribution is 0.582. The number of fused-ring (bicyclic) bond motifs is 1. The fourth-order valence-electron chi connectivity index (χ4n) is 1.18. The van der Waals surface area contributed by atoms with Crippen LogP contribution in [-0.2, 0) is 0 Å². The average molecular weight is 290 g/mol. The van der Waals surface area contributed by atoms with Crippen LogP contribution in [0.25, 0.3) is 11.0 Å². The summed E-state index contributed by atoms with van der Waals surface area (Å²) in [5, 5.41) is 1.15. The molecule has 0 aliphatic rings. The molecule has 0 aliphatic carbocycles. The predicted octanol–water partition coefficient (Wildman–Crippen LogP) is 4.27. The largest absolute Gasteiger partial charge is 0.448 e. The Bertz CT molecular complexity index is 431. The fourth-order valence-corrected chi connectivity index (χ4v) is 2.00. The smallest absolute Gasteiger partial charge is 0.173 e. The van der Waals surface area contributed by atoms with E-state index in [-0.39, 0.29) is 0 Å². The van der Waals surface area contributed by atoms with Crippen LogP contribution < -0.4 is 0 Å². The Morgan fingerprint density at radius 3 is 2.67 bits per heavy atom. The molecule has 0 N–H and O–H groups in total. The van der Waals surface area contributed by atoms with Gasteiger partial charge >= 0.3 is 0 Å². The lowest BCUT2D eigenvalue weighted by atomic mass is 10.2. The van der Waals surface area contributed by atoms with Crippen molar-refractivity contribution < 1.29 is 4.42 Å². The van der Waals surface area contributed by atoms with Crippen molar-refractivity contribution in [2.75, 3.05) is 0 Å². The molecule has 2 rings (SSSR count). The van der Waals surface area contributed by atoms with Crippen molar-refractivity contribution >= 4 is 42.8 Å². The second kappa shape index (κ2) is 2.89. The van der Waals surface area contributed by atoms with Crippen molar-refractivity contribution in [3.05, 3.63) is 32.9 Å². The molecular formula is C9H6Br2O. The van der Waals surface area contributed by atoms with Crippen LogP contribution in [0.15, 0.2) is 31.8 Å². The summed E-state index contributed by atoms with van der Waals surface area (Å²) in [7, 11) is 0. The third-order valence-corrected chi connectivity index (χ3v) is 3.24. The Kier molecular flexibility index (Phi) is 2.00. The maximum absolute atomic E-state index is 5.50. The molecule has 0 spiro atoms. The molecule has 0 saturated heterocycles. The highest BCUT2D eigenvalue weighted by atomic mass is 79.9. The van der Waals surface area contributed by atoms with Gasteiger partial charge in [0.15, 0.2) is 4.67 Å². The van der Waals surface area contributed by atoms with Crippen LogP contribution in [-0.4, -0.2) is 0 Å². The fraction of sp³-hybridized carbons (Fsp3) is 0.111. The van der Waals surface area contributed by atoms with Crippen LogP contribution in [0.2, 0.25) is 0 Å². The first-order valence-electron chi connectivity index (χ1n) is 3.53. The van der Waals surface area contributed by atoms with Crippen LogP contribution in [0.3, 0.4) is 0 Å². The Labute approximate surface area is 87.0 Å². The van der Waals surface area contributed by atoms with Gasteiger partial charge in [0, 0.05) is 10.9 Å². The minimum Gasteiger partial charge on any atom is -0.448 e. The third-order valence-electron chi connectivity index (χ3n) is 1.86. The number of rotatable bonds is 0. The Hall–Kier alpha value is -0.280. The van der Waals surface area contributed by atoms with Crippen molar-refractivity contribution in [1.29, 1.82) is 0 Å². The highest BCUT2D eigenvalue weighted by Crippen LogP contribution is 2.33. The van der Waals surface area contributed by atoms with Crippen molar-refractivity contribution in [2.45, 2.75) is 6.92 Å². The van der Waals surface area contributed by atoms with Gasteiger partial charge in [0.05, 0.1) is 4.47 Å². The van der Waals surface area contributed by atoms with E-state index in [1.165, 1.54) is 0 Å². The Balaban J connectivity index is 2.95. The van der Waals surface area contributed by atoms with E-state index >= 15 is 0 Å². The number of hydrogen-bond donors (Lipinski definition) is 0. The van der Waals surface area contributed by atoms with Gasteiger partial charge in [-0.3, -0.25) is 0 Å². The molecule has 1 heterocycles. The predicted molar refractivity (Wildman–Crippen MR) is 56.4 cm³/mol. The van der Waals surface area contributed by atoms with Gasteiger partial charge in [0.2, 0.25) is 0 Å². The van der Waals surface area contributed by atoms with E-state index in [1.54, 1.807) is 0 Å². The molecule has 62 valence electrons. The molecule has 0 fully saturated rings. The molecule has 3 heteroatoms. The molecule has 0 aliphatic heterocycles. The molecule has 1 nitrogen and oxygen atoms in total. The molecule has 0 amide bonds. The highest BCUT2D eigenvalue weighted by molar-refractivity contribution is 9.11. The summed E-state index contributed by atoms with van der Waals surface area (Å²) in [6.07, 6.45) is 0. The summed E-state index contributed by atoms with van der Waals surface area (Å²) in [6, 6.07) is 6.02. The number of hydrogen-bond acceptors (Lipinski definition) is 1. The first-order chi connectivity index (χ1) is 5.70. The molecule has 2 aromatic rings. The molecule has 0 saturated carbocycles. The SMILES string of the molecule is Cc1c(Br)oc2c(Br)cccc12. The zero-order valence-electron chi connectivity index (χ0n) is 6.40. The number of benzene rings is 1. The molecule has 0 unspecified atom stereocenters. The average Bonchev–Trinajstić information content (AvgIpc) is 2.32. The van der Waals surface area contributed by atoms with Crippen LogP contribution in [0, 0.1) is 6.92 Å². The van der Waals surface area contributed by atoms with E-state index < -0.39 is 0 Å². The zero-order chi connectivity index (χ0) is 8.72. The van der Waals surface area contributed by atoms with Crippen LogP contribution in [0.4, 0.5) is 0 Å². The lowest BCUT2D eigenvalue weighted by Gasteiger charge is -1.90. The summed E-state index contributed by atoms with van der Waals surface area (Å²) < 4.78 is 7.30. The summed E-state index contributed by atoms with van der Waals surface area (Å²) in [4.78, 5) is 0. The van der Waals surface area contributed by atoms with Gasteiger partial charge in [0.25, 0.3) is 0 Å². The lowest BCUT2D eigenvalue weighted by Crippen LogP contribution is -1.68. The van der Waals surface area contributed by atoms with E-state index in [9.17, 15) is 0 Å². The molecule has 12 heavy (non-hydrogen) atoms. The second-order valence-electron chi connectivity index (χ2n) is 2.62. The van der Waals surface area contributed by atoms with Crippen molar-refractivity contribution in [2.24, 2.45) is 0 Å². The summed E-state index contributed by atoms with van der Waals surface area (Å²) in [5.74, 6) is 0. The zero-order valence-corrected chi connectivity index (χ0v) is 9.57. The van der Waals surface area contributed by atoms with Gasteiger partial charge in [-0.1, -0.05) is 12.1 Å². The van der Waals surface area contributed by atoms with Crippen molar-refractivity contribution in [3.63, 3.8) is 0 Å². The molecule has 0 radical (unpaired) electrons. The van der Waals surface area contributed by atoms with E-state index in [2.05, 4.69) is 31.9 Å². The first kappa shape index (κ1) is 8.32. The van der Waals surface area contributed by atoms with Crippen molar-refractivity contribution in [1.82, 2.24) is 0 Å². The van der Waals surface area contributed by atoms with Crippen LogP contribution in [0.1, 0.15) is 5.56 Å². The minimum absolute atomic E-state index is 0.810. The molecule has 1 aromatic carbocycles. The topological polar surface area (TPSA) is 13.1 Å². The molecule has 0 atom stereocenters. The summed E-state index contributed by atoms with van der Waals surface area (Å²) >= 11 is 6.78.